The molecule has 3 rings (SSSR count). The molecule has 7 heteroatoms. The van der Waals surface area contributed by atoms with E-state index < -0.39 is 5.91 Å². The van der Waals surface area contributed by atoms with Crippen molar-refractivity contribution in [3.05, 3.63) is 65.2 Å². The second kappa shape index (κ2) is 7.36. The van der Waals surface area contributed by atoms with Crippen LogP contribution >= 0.6 is 11.6 Å². The third-order valence-corrected chi connectivity index (χ3v) is 3.86. The lowest BCUT2D eigenvalue weighted by atomic mass is 10.3. The van der Waals surface area contributed by atoms with Gasteiger partial charge in [-0.05, 0) is 42.8 Å². The van der Waals surface area contributed by atoms with E-state index in [1.165, 1.54) is 0 Å². The molecule has 0 aliphatic rings. The summed E-state index contributed by atoms with van der Waals surface area (Å²) < 4.78 is 1.60. The fourth-order valence-corrected chi connectivity index (χ4v) is 2.53. The van der Waals surface area contributed by atoms with Gasteiger partial charge < -0.3 is 10.6 Å². The maximum Gasteiger partial charge on any atom is 0.292 e. The van der Waals surface area contributed by atoms with E-state index in [1.807, 2.05) is 6.92 Å². The van der Waals surface area contributed by atoms with Gasteiger partial charge in [0, 0.05) is 23.5 Å². The van der Waals surface area contributed by atoms with Gasteiger partial charge in [0.15, 0.2) is 5.69 Å². The van der Waals surface area contributed by atoms with Crippen LogP contribution in [0.5, 0.6) is 0 Å². The van der Waals surface area contributed by atoms with E-state index in [0.29, 0.717) is 22.8 Å². The molecule has 0 saturated carbocycles. The Hall–Kier alpha value is -2.86. The number of halogens is 1. The monoisotopic (exact) mass is 356 g/mol. The quantitative estimate of drug-likeness (QED) is 0.735. The maximum absolute atomic E-state index is 12.6. The van der Waals surface area contributed by atoms with Crippen molar-refractivity contribution in [3.63, 3.8) is 0 Å². The number of rotatable bonds is 5. The van der Waals surface area contributed by atoms with Gasteiger partial charge in [-0.3, -0.25) is 14.0 Å². The number of imidazole rings is 1. The summed E-state index contributed by atoms with van der Waals surface area (Å²) in [6.45, 7) is 2.52. The van der Waals surface area contributed by atoms with Gasteiger partial charge >= 0.3 is 0 Å². The average molecular weight is 357 g/mol. The Morgan fingerprint density at radius 1 is 1.12 bits per heavy atom. The summed E-state index contributed by atoms with van der Waals surface area (Å²) in [6, 6.07) is 12.1. The third-order valence-electron chi connectivity index (χ3n) is 3.60. The number of carbonyl (C=O) groups excluding carboxylic acids is 2. The van der Waals surface area contributed by atoms with Crippen LogP contribution in [0.3, 0.4) is 0 Å². The minimum Gasteiger partial charge on any atom is -0.351 e. The normalized spacial score (nSPS) is 10.6. The number of pyridine rings is 1. The van der Waals surface area contributed by atoms with Gasteiger partial charge in [0.2, 0.25) is 5.82 Å². The van der Waals surface area contributed by atoms with Crippen molar-refractivity contribution in [2.24, 2.45) is 0 Å². The van der Waals surface area contributed by atoms with Crippen LogP contribution in [0, 0.1) is 0 Å². The first-order valence-electron chi connectivity index (χ1n) is 7.92. The molecule has 6 nitrogen and oxygen atoms in total. The lowest BCUT2D eigenvalue weighted by Crippen LogP contribution is -2.24. The Bertz CT molecular complexity index is 918. The molecule has 0 aliphatic carbocycles. The largest absolute Gasteiger partial charge is 0.351 e. The minimum atomic E-state index is -0.405. The molecule has 0 radical (unpaired) electrons. The maximum atomic E-state index is 12.6. The third kappa shape index (κ3) is 3.64. The minimum absolute atomic E-state index is 0.146. The van der Waals surface area contributed by atoms with E-state index in [2.05, 4.69) is 15.6 Å². The summed E-state index contributed by atoms with van der Waals surface area (Å²) in [5.74, 6) is -0.554. The molecular weight excluding hydrogens is 340 g/mol. The van der Waals surface area contributed by atoms with E-state index in [1.54, 1.807) is 53.1 Å². The standard InChI is InChI=1S/C18H17ClN4O2/c1-2-10-20-17(24)15-14-5-3-4-11-23(14)16(22-15)18(25)21-13-8-6-12(19)7-9-13/h3-9,11H,2,10H2,1H3,(H,20,24)(H,21,25). The lowest BCUT2D eigenvalue weighted by molar-refractivity contribution is 0.0951. The highest BCUT2D eigenvalue weighted by atomic mass is 35.5. The number of aromatic nitrogens is 2. The Kier molecular flexibility index (Phi) is 5.00. The topological polar surface area (TPSA) is 75.5 Å². The Morgan fingerprint density at radius 2 is 1.88 bits per heavy atom. The number of benzene rings is 1. The zero-order valence-corrected chi connectivity index (χ0v) is 14.4. The molecule has 2 heterocycles. The molecule has 128 valence electrons. The predicted molar refractivity (Wildman–Crippen MR) is 97.2 cm³/mol. The van der Waals surface area contributed by atoms with Crippen molar-refractivity contribution in [2.75, 3.05) is 11.9 Å². The van der Waals surface area contributed by atoms with E-state index in [4.69, 9.17) is 11.6 Å². The summed E-state index contributed by atoms with van der Waals surface area (Å²) in [5.41, 5.74) is 1.41. The summed E-state index contributed by atoms with van der Waals surface area (Å²) in [5, 5.41) is 6.13. The van der Waals surface area contributed by atoms with Crippen molar-refractivity contribution >= 4 is 34.6 Å². The van der Waals surface area contributed by atoms with Crippen LogP contribution in [0.2, 0.25) is 5.02 Å². The SMILES string of the molecule is CCCNC(=O)c1nc(C(=O)Nc2ccc(Cl)cc2)n2ccccc12. The van der Waals surface area contributed by atoms with Gasteiger partial charge in [-0.15, -0.1) is 0 Å². The highest BCUT2D eigenvalue weighted by molar-refractivity contribution is 6.30. The number of hydrogen-bond donors (Lipinski definition) is 2. The molecule has 0 unspecified atom stereocenters. The first-order valence-corrected chi connectivity index (χ1v) is 8.30. The van der Waals surface area contributed by atoms with E-state index in [-0.39, 0.29) is 17.4 Å². The van der Waals surface area contributed by atoms with Gasteiger partial charge in [0.05, 0.1) is 5.52 Å². The summed E-state index contributed by atoms with van der Waals surface area (Å²) in [6.07, 6.45) is 2.52. The molecule has 3 aromatic rings. The average Bonchev–Trinajstić information content (AvgIpc) is 3.01. The molecule has 0 atom stereocenters. The van der Waals surface area contributed by atoms with E-state index in [0.717, 1.165) is 6.42 Å². The smallest absolute Gasteiger partial charge is 0.292 e. The summed E-state index contributed by atoms with van der Waals surface area (Å²) in [4.78, 5) is 29.2. The van der Waals surface area contributed by atoms with Crippen LogP contribution < -0.4 is 10.6 Å². The summed E-state index contributed by atoms with van der Waals surface area (Å²) in [7, 11) is 0. The van der Waals surface area contributed by atoms with Crippen molar-refractivity contribution in [1.29, 1.82) is 0 Å². The second-order valence-corrected chi connectivity index (χ2v) is 5.89. The zero-order chi connectivity index (χ0) is 17.8. The first kappa shape index (κ1) is 17.0. The molecule has 2 amide bonds. The van der Waals surface area contributed by atoms with Crippen molar-refractivity contribution < 1.29 is 9.59 Å². The number of anilines is 1. The zero-order valence-electron chi connectivity index (χ0n) is 13.6. The predicted octanol–water partition coefficient (Wildman–Crippen LogP) is 3.38. The number of hydrogen-bond acceptors (Lipinski definition) is 3. The van der Waals surface area contributed by atoms with Crippen LogP contribution in [0.25, 0.3) is 5.52 Å². The Morgan fingerprint density at radius 3 is 2.60 bits per heavy atom. The molecular formula is C18H17ClN4O2. The number of carbonyl (C=O) groups is 2. The van der Waals surface area contributed by atoms with Gasteiger partial charge in [0.1, 0.15) is 0 Å². The van der Waals surface area contributed by atoms with Crippen LogP contribution in [-0.2, 0) is 0 Å². The number of amides is 2. The molecule has 25 heavy (non-hydrogen) atoms. The Labute approximate surface area is 149 Å². The molecule has 0 fully saturated rings. The van der Waals surface area contributed by atoms with Crippen molar-refractivity contribution in [1.82, 2.24) is 14.7 Å². The fraction of sp³-hybridized carbons (Fsp3) is 0.167. The van der Waals surface area contributed by atoms with Gasteiger partial charge in [-0.25, -0.2) is 4.98 Å². The number of nitrogens with one attached hydrogen (secondary N) is 2. The highest BCUT2D eigenvalue weighted by Crippen LogP contribution is 2.17. The van der Waals surface area contributed by atoms with Crippen LogP contribution in [0.4, 0.5) is 5.69 Å². The molecule has 0 bridgehead atoms. The lowest BCUT2D eigenvalue weighted by Gasteiger charge is -2.04. The Balaban J connectivity index is 1.94. The fourth-order valence-electron chi connectivity index (χ4n) is 2.41. The number of fused-ring (bicyclic) bond motifs is 1. The van der Waals surface area contributed by atoms with Gasteiger partial charge in [-0.2, -0.15) is 0 Å². The summed E-state index contributed by atoms with van der Waals surface area (Å²) >= 11 is 5.85. The molecule has 2 aromatic heterocycles. The molecule has 0 spiro atoms. The van der Waals surface area contributed by atoms with Gasteiger partial charge in [0.25, 0.3) is 11.8 Å². The van der Waals surface area contributed by atoms with Crippen LogP contribution in [-0.4, -0.2) is 27.7 Å². The van der Waals surface area contributed by atoms with Crippen molar-refractivity contribution in [3.8, 4) is 0 Å². The van der Waals surface area contributed by atoms with Crippen LogP contribution in [0.1, 0.15) is 34.5 Å². The molecule has 0 aliphatic heterocycles. The first-order chi connectivity index (χ1) is 12.1. The molecule has 2 N–H and O–H groups in total. The molecule has 0 saturated heterocycles. The van der Waals surface area contributed by atoms with Crippen molar-refractivity contribution in [2.45, 2.75) is 13.3 Å². The van der Waals surface area contributed by atoms with Gasteiger partial charge in [-0.1, -0.05) is 24.6 Å². The second-order valence-electron chi connectivity index (χ2n) is 5.46. The molecule has 1 aromatic carbocycles. The van der Waals surface area contributed by atoms with E-state index >= 15 is 0 Å². The highest BCUT2D eigenvalue weighted by Gasteiger charge is 2.21. The number of nitrogens with zero attached hydrogens (tertiary/aromatic N) is 2. The van der Waals surface area contributed by atoms with E-state index in [9.17, 15) is 9.59 Å². The van der Waals surface area contributed by atoms with Crippen LogP contribution in [0.15, 0.2) is 48.7 Å².